The monoisotopic (exact) mass is 604 g/mol. The zero-order valence-electron chi connectivity index (χ0n) is 24.6. The van der Waals surface area contributed by atoms with Crippen LogP contribution in [-0.2, 0) is 15.8 Å². The van der Waals surface area contributed by atoms with Crippen LogP contribution in [0.2, 0.25) is 0 Å². The van der Waals surface area contributed by atoms with Crippen LogP contribution in [0.3, 0.4) is 0 Å². The standard InChI is InChI=1S/C29H39F3N8O3/c1-33-24(41)11-14-34-26(42)21-5-4-6-23(21)37-25-22(29(30,31)32)17-35-28(38-25)36-19-9-7-18(8-10-19)27(43)40(3)20-12-15-39(2)16-13-20/h7-10,17,20-21,23H,4-6,11-16H2,1-3H3,(H,33,41)(H,34,42)(H2,35,36,37,38)/t21-,23+/m0/s1. The van der Waals surface area contributed by atoms with Crippen LogP contribution in [0.4, 0.5) is 30.6 Å². The molecule has 3 amide bonds. The molecule has 4 N–H and O–H groups in total. The van der Waals surface area contributed by atoms with Crippen LogP contribution in [0.25, 0.3) is 0 Å². The van der Waals surface area contributed by atoms with E-state index in [1.54, 1.807) is 36.2 Å². The fourth-order valence-corrected chi connectivity index (χ4v) is 5.51. The van der Waals surface area contributed by atoms with Crippen molar-refractivity contribution in [2.45, 2.75) is 56.8 Å². The van der Waals surface area contributed by atoms with Gasteiger partial charge in [0.15, 0.2) is 0 Å². The van der Waals surface area contributed by atoms with Gasteiger partial charge in [0, 0.05) is 56.6 Å². The van der Waals surface area contributed by atoms with Crippen molar-refractivity contribution >= 4 is 35.2 Å². The Kier molecular flexibility index (Phi) is 10.4. The molecule has 2 aromatic rings. The first kappa shape index (κ1) is 32.0. The molecule has 0 bridgehead atoms. The highest BCUT2D eigenvalue weighted by molar-refractivity contribution is 5.94. The smallest absolute Gasteiger partial charge is 0.366 e. The van der Waals surface area contributed by atoms with E-state index in [1.165, 1.54) is 7.05 Å². The Morgan fingerprint density at radius 2 is 1.77 bits per heavy atom. The highest BCUT2D eigenvalue weighted by Crippen LogP contribution is 2.36. The Morgan fingerprint density at radius 1 is 1.07 bits per heavy atom. The lowest BCUT2D eigenvalue weighted by atomic mass is 10.0. The molecule has 43 heavy (non-hydrogen) atoms. The molecule has 0 spiro atoms. The van der Waals surface area contributed by atoms with Gasteiger partial charge >= 0.3 is 6.18 Å². The number of benzene rings is 1. The number of carbonyl (C=O) groups excluding carboxylic acids is 3. The largest absolute Gasteiger partial charge is 0.421 e. The molecule has 234 valence electrons. The average molecular weight is 605 g/mol. The SMILES string of the molecule is CNC(=O)CCNC(=O)[C@H]1CCC[C@H]1Nc1nc(Nc2ccc(C(=O)N(C)C3CCN(C)CC3)cc2)ncc1C(F)(F)F. The maximum atomic E-state index is 13.9. The highest BCUT2D eigenvalue weighted by Gasteiger charge is 2.39. The lowest BCUT2D eigenvalue weighted by Crippen LogP contribution is -2.44. The molecular formula is C29H39F3N8O3. The van der Waals surface area contributed by atoms with Gasteiger partial charge in [-0.3, -0.25) is 14.4 Å². The van der Waals surface area contributed by atoms with Crippen LogP contribution in [0, 0.1) is 5.92 Å². The minimum atomic E-state index is -4.72. The molecule has 1 aliphatic heterocycles. The molecule has 11 nitrogen and oxygen atoms in total. The van der Waals surface area contributed by atoms with Crippen LogP contribution >= 0.6 is 0 Å². The van der Waals surface area contributed by atoms with E-state index >= 15 is 0 Å². The lowest BCUT2D eigenvalue weighted by Gasteiger charge is -2.35. The topological polar surface area (TPSA) is 132 Å². The fraction of sp³-hybridized carbons (Fsp3) is 0.552. The third-order valence-corrected chi connectivity index (χ3v) is 8.14. The van der Waals surface area contributed by atoms with Crippen molar-refractivity contribution in [3.63, 3.8) is 0 Å². The first-order valence-electron chi connectivity index (χ1n) is 14.5. The molecule has 1 aromatic heterocycles. The number of nitrogens with zero attached hydrogens (tertiary/aromatic N) is 4. The van der Waals surface area contributed by atoms with Crippen molar-refractivity contribution in [2.24, 2.45) is 5.92 Å². The summed E-state index contributed by atoms with van der Waals surface area (Å²) in [7, 11) is 5.36. The molecule has 2 atom stereocenters. The van der Waals surface area contributed by atoms with E-state index in [4.69, 9.17) is 0 Å². The number of nitrogens with one attached hydrogen (secondary N) is 4. The number of carbonyl (C=O) groups is 3. The molecule has 0 radical (unpaired) electrons. The summed E-state index contributed by atoms with van der Waals surface area (Å²) in [6.07, 6.45) is -0.449. The predicted molar refractivity (Wildman–Crippen MR) is 156 cm³/mol. The van der Waals surface area contributed by atoms with E-state index in [2.05, 4.69) is 43.2 Å². The second kappa shape index (κ2) is 14.0. The van der Waals surface area contributed by atoms with E-state index in [-0.39, 0.29) is 42.7 Å². The molecule has 1 aromatic carbocycles. The van der Waals surface area contributed by atoms with Gasteiger partial charge in [0.1, 0.15) is 11.4 Å². The first-order chi connectivity index (χ1) is 20.5. The van der Waals surface area contributed by atoms with Crippen LogP contribution < -0.4 is 21.3 Å². The normalized spacial score (nSPS) is 19.5. The number of amides is 3. The second-order valence-corrected chi connectivity index (χ2v) is 11.1. The van der Waals surface area contributed by atoms with Gasteiger partial charge in [-0.2, -0.15) is 18.2 Å². The van der Waals surface area contributed by atoms with Gasteiger partial charge in [0.2, 0.25) is 17.8 Å². The van der Waals surface area contributed by atoms with Crippen molar-refractivity contribution in [2.75, 3.05) is 51.4 Å². The molecule has 1 saturated carbocycles. The quantitative estimate of drug-likeness (QED) is 0.325. The van der Waals surface area contributed by atoms with Crippen molar-refractivity contribution < 1.29 is 27.6 Å². The summed E-state index contributed by atoms with van der Waals surface area (Å²) in [5.41, 5.74) is -0.0383. The molecule has 0 unspecified atom stereocenters. The molecule has 1 saturated heterocycles. The Morgan fingerprint density at radius 3 is 2.42 bits per heavy atom. The number of rotatable bonds is 10. The van der Waals surface area contributed by atoms with Gasteiger partial charge in [-0.25, -0.2) is 4.98 Å². The number of likely N-dealkylation sites (tertiary alicyclic amines) is 1. The second-order valence-electron chi connectivity index (χ2n) is 11.1. The number of hydrogen-bond acceptors (Lipinski definition) is 8. The first-order valence-corrected chi connectivity index (χ1v) is 14.5. The molecular weight excluding hydrogens is 565 g/mol. The summed E-state index contributed by atoms with van der Waals surface area (Å²) in [4.78, 5) is 49.2. The maximum Gasteiger partial charge on any atom is 0.421 e. The highest BCUT2D eigenvalue weighted by atomic mass is 19.4. The molecule has 4 rings (SSSR count). The van der Waals surface area contributed by atoms with E-state index in [0.29, 0.717) is 36.7 Å². The predicted octanol–water partition coefficient (Wildman–Crippen LogP) is 3.24. The van der Waals surface area contributed by atoms with Crippen molar-refractivity contribution in [1.29, 1.82) is 0 Å². The van der Waals surface area contributed by atoms with Crippen LogP contribution in [0.1, 0.15) is 54.4 Å². The number of hydrogen-bond donors (Lipinski definition) is 4. The van der Waals surface area contributed by atoms with Gasteiger partial charge in [0.05, 0.1) is 5.92 Å². The van der Waals surface area contributed by atoms with E-state index in [0.717, 1.165) is 25.9 Å². The Bertz CT molecular complexity index is 1280. The van der Waals surface area contributed by atoms with Gasteiger partial charge in [-0.05, 0) is 70.1 Å². The number of anilines is 3. The van der Waals surface area contributed by atoms with E-state index in [9.17, 15) is 27.6 Å². The molecule has 2 heterocycles. The summed E-state index contributed by atoms with van der Waals surface area (Å²) in [5.74, 6) is -1.71. The van der Waals surface area contributed by atoms with Crippen molar-refractivity contribution in [3.05, 3.63) is 41.6 Å². The molecule has 2 fully saturated rings. The summed E-state index contributed by atoms with van der Waals surface area (Å²) in [6.45, 7) is 2.00. The number of halogens is 3. The number of aromatic nitrogens is 2. The maximum absolute atomic E-state index is 13.9. The van der Waals surface area contributed by atoms with E-state index < -0.39 is 29.5 Å². The third-order valence-electron chi connectivity index (χ3n) is 8.14. The van der Waals surface area contributed by atoms with Crippen molar-refractivity contribution in [3.8, 4) is 0 Å². The summed E-state index contributed by atoms with van der Waals surface area (Å²) in [6, 6.07) is 6.22. The number of alkyl halides is 3. The Balaban J connectivity index is 1.43. The average Bonchev–Trinajstić information content (AvgIpc) is 3.44. The van der Waals surface area contributed by atoms with Gasteiger partial charge in [0.25, 0.3) is 5.91 Å². The summed E-state index contributed by atoms with van der Waals surface area (Å²) < 4.78 is 41.6. The molecule has 2 aliphatic rings. The van der Waals surface area contributed by atoms with Gasteiger partial charge < -0.3 is 31.1 Å². The summed E-state index contributed by atoms with van der Waals surface area (Å²) >= 11 is 0. The minimum absolute atomic E-state index is 0.0670. The van der Waals surface area contributed by atoms with Crippen LogP contribution in [-0.4, -0.2) is 90.4 Å². The van der Waals surface area contributed by atoms with Crippen LogP contribution in [0.5, 0.6) is 0 Å². The molecule has 1 aliphatic carbocycles. The Hall–Kier alpha value is -3.94. The zero-order valence-corrected chi connectivity index (χ0v) is 24.6. The van der Waals surface area contributed by atoms with Crippen molar-refractivity contribution in [1.82, 2.24) is 30.4 Å². The third kappa shape index (κ3) is 8.33. The minimum Gasteiger partial charge on any atom is -0.366 e. The number of piperidine rings is 1. The molecule has 14 heteroatoms. The van der Waals surface area contributed by atoms with Gasteiger partial charge in [-0.1, -0.05) is 6.42 Å². The zero-order chi connectivity index (χ0) is 31.1. The van der Waals surface area contributed by atoms with Crippen LogP contribution in [0.15, 0.2) is 30.5 Å². The lowest BCUT2D eigenvalue weighted by molar-refractivity contribution is -0.137. The fourth-order valence-electron chi connectivity index (χ4n) is 5.51. The van der Waals surface area contributed by atoms with E-state index in [1.807, 2.05) is 0 Å². The summed E-state index contributed by atoms with van der Waals surface area (Å²) in [5, 5.41) is 10.9. The Labute approximate surface area is 249 Å². The van der Waals surface area contributed by atoms with Gasteiger partial charge in [-0.15, -0.1) is 0 Å².